The summed E-state index contributed by atoms with van der Waals surface area (Å²) in [4.78, 5) is 35.0. The van der Waals surface area contributed by atoms with Gasteiger partial charge in [-0.3, -0.25) is 14.5 Å². The van der Waals surface area contributed by atoms with Crippen molar-refractivity contribution >= 4 is 45.2 Å². The maximum Gasteiger partial charge on any atom is 0.290 e. The number of carbonyl (C=O) groups excluding carboxylic acids is 1. The van der Waals surface area contributed by atoms with E-state index in [0.29, 0.717) is 22.2 Å². The average Bonchev–Trinajstić information content (AvgIpc) is 3.37. The summed E-state index contributed by atoms with van der Waals surface area (Å²) in [5.41, 5.74) is 2.17. The lowest BCUT2D eigenvalue weighted by atomic mass is 10.0. The Balaban J connectivity index is 0.000000821. The molecule has 0 saturated carbocycles. The summed E-state index contributed by atoms with van der Waals surface area (Å²) in [7, 11) is 0. The van der Waals surface area contributed by atoms with Gasteiger partial charge in [0, 0.05) is 44.4 Å². The number of rotatable bonds is 5. The van der Waals surface area contributed by atoms with Crippen LogP contribution in [0.3, 0.4) is 0 Å². The van der Waals surface area contributed by atoms with Gasteiger partial charge >= 0.3 is 0 Å². The molecule has 0 bridgehead atoms. The third-order valence-electron chi connectivity index (χ3n) is 5.12. The Morgan fingerprint density at radius 3 is 2.88 bits per heavy atom. The first kappa shape index (κ1) is 22.6. The van der Waals surface area contributed by atoms with Gasteiger partial charge in [-0.1, -0.05) is 11.3 Å². The predicted octanol–water partition coefficient (Wildman–Crippen LogP) is 3.43. The number of carbonyl (C=O) groups is 2. The monoisotopic (exact) mass is 469 g/mol. The molecule has 5 rings (SSSR count). The van der Waals surface area contributed by atoms with Crippen molar-refractivity contribution in [1.82, 2.24) is 25.2 Å². The van der Waals surface area contributed by atoms with Crippen LogP contribution in [-0.2, 0) is 16.1 Å². The van der Waals surface area contributed by atoms with Gasteiger partial charge in [-0.15, -0.1) is 0 Å². The van der Waals surface area contributed by atoms with Gasteiger partial charge in [0.2, 0.25) is 5.91 Å². The first-order valence-corrected chi connectivity index (χ1v) is 11.2. The lowest BCUT2D eigenvalue weighted by molar-refractivity contribution is -0.123. The number of piperidine rings is 1. The molecule has 33 heavy (non-hydrogen) atoms. The highest BCUT2D eigenvalue weighted by atomic mass is 32.1. The molecule has 4 aromatic rings. The zero-order valence-corrected chi connectivity index (χ0v) is 18.7. The van der Waals surface area contributed by atoms with E-state index in [1.54, 1.807) is 19.3 Å². The number of fused-ring (bicyclic) bond motifs is 2. The van der Waals surface area contributed by atoms with Crippen molar-refractivity contribution < 1.29 is 23.8 Å². The smallest absolute Gasteiger partial charge is 0.290 e. The van der Waals surface area contributed by atoms with Crippen molar-refractivity contribution in [2.45, 2.75) is 32.4 Å². The van der Waals surface area contributed by atoms with Gasteiger partial charge < -0.3 is 19.6 Å². The molecule has 0 radical (unpaired) electrons. The number of aromatic nitrogens is 3. The van der Waals surface area contributed by atoms with E-state index in [2.05, 4.69) is 25.2 Å². The lowest BCUT2D eigenvalue weighted by Gasteiger charge is -2.31. The van der Waals surface area contributed by atoms with Crippen molar-refractivity contribution in [1.29, 1.82) is 0 Å². The van der Waals surface area contributed by atoms with E-state index in [1.807, 2.05) is 24.3 Å². The number of ether oxygens (including phenoxy) is 1. The minimum absolute atomic E-state index is 0.0388. The second-order valence-electron chi connectivity index (χ2n) is 7.53. The number of hydrogen-bond donors (Lipinski definition) is 2. The molecule has 2 N–H and O–H groups in total. The number of furan rings is 1. The van der Waals surface area contributed by atoms with Crippen LogP contribution in [0.5, 0.6) is 10.9 Å². The minimum Gasteiger partial charge on any atom is -0.483 e. The van der Waals surface area contributed by atoms with Crippen LogP contribution in [0.15, 0.2) is 41.1 Å². The Kier molecular flexibility index (Phi) is 7.10. The molecule has 0 aliphatic carbocycles. The molecule has 1 aliphatic rings. The summed E-state index contributed by atoms with van der Waals surface area (Å²) >= 11 is 1.44. The van der Waals surface area contributed by atoms with E-state index in [1.165, 1.54) is 11.3 Å². The first-order valence-electron chi connectivity index (χ1n) is 10.4. The van der Waals surface area contributed by atoms with Crippen LogP contribution in [0.2, 0.25) is 0 Å². The average molecular weight is 470 g/mol. The first-order chi connectivity index (χ1) is 16.0. The molecule has 4 aromatic heterocycles. The lowest BCUT2D eigenvalue weighted by Crippen LogP contribution is -2.43. The Hall–Kier alpha value is -3.57. The van der Waals surface area contributed by atoms with Crippen LogP contribution < -0.4 is 10.1 Å². The van der Waals surface area contributed by atoms with Gasteiger partial charge in [0.25, 0.3) is 11.7 Å². The molecule has 0 aromatic carbocycles. The molecule has 1 saturated heterocycles. The third kappa shape index (κ3) is 5.82. The number of likely N-dealkylation sites (tertiary alicyclic amines) is 1. The second kappa shape index (κ2) is 10.4. The number of amides is 1. The SMILES string of the molecule is CC(=O)NC1CCN(Cc2cc3ncc(Oc4nc5ncccc5s4)cc3o2)CC1.O=CO. The van der Waals surface area contributed by atoms with Crippen LogP contribution >= 0.6 is 11.3 Å². The van der Waals surface area contributed by atoms with Crippen molar-refractivity contribution in [3.63, 3.8) is 0 Å². The van der Waals surface area contributed by atoms with Gasteiger partial charge in [-0.25, -0.2) is 9.97 Å². The van der Waals surface area contributed by atoms with Crippen molar-refractivity contribution in [2.75, 3.05) is 13.1 Å². The highest BCUT2D eigenvalue weighted by Gasteiger charge is 2.21. The van der Waals surface area contributed by atoms with Crippen LogP contribution in [0, 0.1) is 0 Å². The summed E-state index contributed by atoms with van der Waals surface area (Å²) in [6.07, 6.45) is 5.30. The van der Waals surface area contributed by atoms with Crippen LogP contribution in [-0.4, -0.2) is 56.5 Å². The fourth-order valence-corrected chi connectivity index (χ4v) is 4.52. The van der Waals surface area contributed by atoms with Gasteiger partial charge in [0.1, 0.15) is 11.3 Å². The van der Waals surface area contributed by atoms with Crippen molar-refractivity contribution in [2.24, 2.45) is 0 Å². The molecule has 1 aliphatic heterocycles. The molecule has 0 atom stereocenters. The third-order valence-corrected chi connectivity index (χ3v) is 6.01. The van der Waals surface area contributed by atoms with E-state index in [9.17, 15) is 4.79 Å². The van der Waals surface area contributed by atoms with E-state index in [4.69, 9.17) is 19.1 Å². The number of pyridine rings is 2. The summed E-state index contributed by atoms with van der Waals surface area (Å²) in [6.45, 7) is 3.90. The van der Waals surface area contributed by atoms with E-state index in [0.717, 1.165) is 48.5 Å². The molecule has 172 valence electrons. The van der Waals surface area contributed by atoms with Gasteiger partial charge in [0.15, 0.2) is 17.0 Å². The molecular weight excluding hydrogens is 446 g/mol. The summed E-state index contributed by atoms with van der Waals surface area (Å²) < 4.78 is 12.9. The quantitative estimate of drug-likeness (QED) is 0.422. The highest BCUT2D eigenvalue weighted by Crippen LogP contribution is 2.31. The molecular formula is C22H23N5O5S. The molecule has 5 heterocycles. The number of hydrogen-bond acceptors (Lipinski definition) is 9. The maximum absolute atomic E-state index is 11.2. The van der Waals surface area contributed by atoms with Crippen LogP contribution in [0.4, 0.5) is 0 Å². The molecule has 10 nitrogen and oxygen atoms in total. The Morgan fingerprint density at radius 1 is 1.36 bits per heavy atom. The van der Waals surface area contributed by atoms with E-state index in [-0.39, 0.29) is 18.4 Å². The number of nitrogens with zero attached hydrogens (tertiary/aromatic N) is 4. The van der Waals surface area contributed by atoms with E-state index >= 15 is 0 Å². The summed E-state index contributed by atoms with van der Waals surface area (Å²) in [6, 6.07) is 7.93. The van der Waals surface area contributed by atoms with Crippen LogP contribution in [0.25, 0.3) is 21.4 Å². The van der Waals surface area contributed by atoms with E-state index < -0.39 is 0 Å². The molecule has 1 fully saturated rings. The standard InChI is InChI=1S/C21H21N5O3S.CH2O2/c1-13(27)24-14-4-7-26(8-5-14)12-16-9-17-18(28-16)10-15(11-23-17)29-21-25-20-19(30-21)3-2-6-22-20;2-1-3/h2-3,6,9-11,14H,4-5,7-8,12H2,1H3,(H,24,27);1H,(H,2,3). The fourth-order valence-electron chi connectivity index (χ4n) is 3.72. The Morgan fingerprint density at radius 2 is 2.15 bits per heavy atom. The minimum atomic E-state index is -0.250. The Bertz CT molecular complexity index is 1220. The zero-order valence-electron chi connectivity index (χ0n) is 17.9. The van der Waals surface area contributed by atoms with Gasteiger partial charge in [-0.05, 0) is 25.0 Å². The van der Waals surface area contributed by atoms with Gasteiger partial charge in [-0.2, -0.15) is 4.98 Å². The van der Waals surface area contributed by atoms with Crippen molar-refractivity contribution in [3.05, 3.63) is 42.4 Å². The molecule has 1 amide bonds. The zero-order chi connectivity index (χ0) is 23.2. The normalized spacial score (nSPS) is 14.6. The summed E-state index contributed by atoms with van der Waals surface area (Å²) in [5, 5.41) is 10.4. The van der Waals surface area contributed by atoms with Crippen molar-refractivity contribution in [3.8, 4) is 10.9 Å². The molecule has 0 unspecified atom stereocenters. The fraction of sp³-hybridized carbons (Fsp3) is 0.318. The molecule has 0 spiro atoms. The number of thiazole rings is 1. The topological polar surface area (TPSA) is 131 Å². The molecule has 11 heteroatoms. The number of nitrogens with one attached hydrogen (secondary N) is 1. The largest absolute Gasteiger partial charge is 0.483 e. The second-order valence-corrected chi connectivity index (χ2v) is 8.52. The highest BCUT2D eigenvalue weighted by molar-refractivity contribution is 7.20. The Labute approximate surface area is 193 Å². The number of carboxylic acid groups (broad SMARTS) is 1. The maximum atomic E-state index is 11.2. The predicted molar refractivity (Wildman–Crippen MR) is 122 cm³/mol. The summed E-state index contributed by atoms with van der Waals surface area (Å²) in [5.74, 6) is 1.49. The van der Waals surface area contributed by atoms with Crippen LogP contribution in [0.1, 0.15) is 25.5 Å². The van der Waals surface area contributed by atoms with Gasteiger partial charge in [0.05, 0.1) is 17.4 Å².